The number of aryl methyl sites for hydroxylation is 1. The molecular weight excluding hydrogens is 244 g/mol. The molecule has 0 bridgehead atoms. The second-order valence-corrected chi connectivity index (χ2v) is 4.76. The summed E-state index contributed by atoms with van der Waals surface area (Å²) in [4.78, 5) is 16.2. The Morgan fingerprint density at radius 2 is 2.38 bits per heavy atom. The van der Waals surface area contributed by atoms with Crippen molar-refractivity contribution in [1.82, 2.24) is 9.55 Å². The second kappa shape index (κ2) is 4.48. The Morgan fingerprint density at radius 1 is 1.62 bits per heavy atom. The van der Waals surface area contributed by atoms with Crippen LogP contribution in [0.2, 0.25) is 0 Å². The summed E-state index contributed by atoms with van der Waals surface area (Å²) >= 11 is 6.67. The molecule has 0 aliphatic carbocycles. The summed E-state index contributed by atoms with van der Waals surface area (Å²) in [6.07, 6.45) is 0.878. The zero-order chi connectivity index (χ0) is 11.7. The quantitative estimate of drug-likeness (QED) is 0.821. The molecule has 0 saturated heterocycles. The average molecular weight is 256 g/mol. The third kappa shape index (κ3) is 1.73. The van der Waals surface area contributed by atoms with Crippen LogP contribution in [-0.2, 0) is 13.0 Å². The van der Waals surface area contributed by atoms with Crippen LogP contribution in [0.1, 0.15) is 11.8 Å². The number of nitrogens with zero attached hydrogens (tertiary/aromatic N) is 1. The van der Waals surface area contributed by atoms with Crippen LogP contribution in [0.15, 0.2) is 10.2 Å². The smallest absolute Gasteiger partial charge is 0.263 e. The number of rotatable bonds is 3. The van der Waals surface area contributed by atoms with Crippen molar-refractivity contribution in [2.45, 2.75) is 19.9 Å². The molecule has 0 unspecified atom stereocenters. The van der Waals surface area contributed by atoms with Crippen molar-refractivity contribution in [2.24, 2.45) is 0 Å². The summed E-state index contributed by atoms with van der Waals surface area (Å²) < 4.78 is 1.77. The summed E-state index contributed by atoms with van der Waals surface area (Å²) in [5.41, 5.74) is 0.723. The maximum absolute atomic E-state index is 12.0. The number of aliphatic hydroxyl groups is 1. The van der Waals surface area contributed by atoms with E-state index in [9.17, 15) is 4.79 Å². The van der Waals surface area contributed by atoms with Crippen molar-refractivity contribution in [2.75, 3.05) is 6.61 Å². The van der Waals surface area contributed by atoms with Crippen LogP contribution in [0.3, 0.4) is 0 Å². The Balaban J connectivity index is 2.80. The zero-order valence-corrected chi connectivity index (χ0v) is 10.5. The number of hydrogen-bond donors (Lipinski definition) is 2. The van der Waals surface area contributed by atoms with Gasteiger partial charge in [0.2, 0.25) is 0 Å². The fourth-order valence-corrected chi connectivity index (χ4v) is 2.87. The Hall–Kier alpha value is -0.980. The molecule has 0 radical (unpaired) electrons. The van der Waals surface area contributed by atoms with Crippen molar-refractivity contribution < 1.29 is 5.11 Å². The molecule has 0 aliphatic heterocycles. The van der Waals surface area contributed by atoms with E-state index in [1.165, 1.54) is 4.57 Å². The number of aromatic nitrogens is 2. The van der Waals surface area contributed by atoms with Gasteiger partial charge in [0.05, 0.1) is 24.1 Å². The van der Waals surface area contributed by atoms with Crippen LogP contribution in [0.25, 0.3) is 10.9 Å². The zero-order valence-electron chi connectivity index (χ0n) is 8.82. The number of aliphatic hydroxyl groups excluding tert-OH is 1. The number of hydrogen-bond acceptors (Lipinski definition) is 4. The van der Waals surface area contributed by atoms with Crippen molar-refractivity contribution in [3.8, 4) is 0 Å². The lowest BCUT2D eigenvalue weighted by Gasteiger charge is -2.04. The van der Waals surface area contributed by atoms with Crippen molar-refractivity contribution in [3.05, 3.63) is 25.4 Å². The van der Waals surface area contributed by atoms with E-state index in [1.54, 1.807) is 11.3 Å². The van der Waals surface area contributed by atoms with Crippen LogP contribution in [0.4, 0.5) is 0 Å². The maximum atomic E-state index is 12.0. The predicted octanol–water partition coefficient (Wildman–Crippen LogP) is 1.68. The highest BCUT2D eigenvalue weighted by atomic mass is 32.1. The lowest BCUT2D eigenvalue weighted by atomic mass is 10.3. The Bertz CT molecular complexity index is 624. The van der Waals surface area contributed by atoms with Gasteiger partial charge in [0.1, 0.15) is 0 Å². The van der Waals surface area contributed by atoms with Crippen LogP contribution in [-0.4, -0.2) is 21.3 Å². The average Bonchev–Trinajstić information content (AvgIpc) is 2.67. The summed E-state index contributed by atoms with van der Waals surface area (Å²) in [6.45, 7) is 2.19. The fraction of sp³-hybridized carbons (Fsp3) is 0.400. The van der Waals surface area contributed by atoms with Crippen LogP contribution in [0, 0.1) is 4.77 Å². The molecule has 2 N–H and O–H groups in total. The van der Waals surface area contributed by atoms with Gasteiger partial charge < -0.3 is 10.1 Å². The van der Waals surface area contributed by atoms with Gasteiger partial charge in [-0.3, -0.25) is 9.36 Å². The molecule has 0 amide bonds. The highest BCUT2D eigenvalue weighted by Gasteiger charge is 2.09. The highest BCUT2D eigenvalue weighted by molar-refractivity contribution is 7.71. The van der Waals surface area contributed by atoms with E-state index in [-0.39, 0.29) is 18.7 Å². The molecule has 6 heteroatoms. The molecule has 2 heterocycles. The van der Waals surface area contributed by atoms with Crippen LogP contribution in [0.5, 0.6) is 0 Å². The van der Waals surface area contributed by atoms with E-state index in [2.05, 4.69) is 4.98 Å². The van der Waals surface area contributed by atoms with E-state index in [4.69, 9.17) is 17.3 Å². The number of fused-ring (bicyclic) bond motifs is 1. The summed E-state index contributed by atoms with van der Waals surface area (Å²) in [7, 11) is 0. The minimum Gasteiger partial charge on any atom is -0.395 e. The molecule has 0 aromatic carbocycles. The first-order valence-corrected chi connectivity index (χ1v) is 6.31. The first-order valence-electron chi connectivity index (χ1n) is 5.03. The lowest BCUT2D eigenvalue weighted by Crippen LogP contribution is -2.23. The van der Waals surface area contributed by atoms with Gasteiger partial charge in [0, 0.05) is 10.3 Å². The minimum absolute atomic E-state index is 0.0896. The molecule has 2 aromatic rings. The van der Waals surface area contributed by atoms with Gasteiger partial charge in [-0.1, -0.05) is 6.92 Å². The Morgan fingerprint density at radius 3 is 3.00 bits per heavy atom. The second-order valence-electron chi connectivity index (χ2n) is 3.41. The van der Waals surface area contributed by atoms with E-state index in [1.807, 2.05) is 12.3 Å². The number of H-pyrrole nitrogens is 1. The normalized spacial score (nSPS) is 11.1. The maximum Gasteiger partial charge on any atom is 0.263 e. The Labute approximate surface area is 101 Å². The Kier molecular flexibility index (Phi) is 3.22. The molecule has 0 saturated carbocycles. The van der Waals surface area contributed by atoms with Gasteiger partial charge >= 0.3 is 0 Å². The summed E-state index contributed by atoms with van der Waals surface area (Å²) in [5.74, 6) is 0. The van der Waals surface area contributed by atoms with Crippen LogP contribution >= 0.6 is 23.6 Å². The fourth-order valence-electron chi connectivity index (χ4n) is 1.67. The number of thiophene rings is 1. The van der Waals surface area contributed by atoms with E-state index in [0.717, 1.165) is 16.8 Å². The topological polar surface area (TPSA) is 58.0 Å². The van der Waals surface area contributed by atoms with E-state index < -0.39 is 0 Å². The number of aromatic amines is 1. The van der Waals surface area contributed by atoms with E-state index >= 15 is 0 Å². The summed E-state index contributed by atoms with van der Waals surface area (Å²) in [6, 6.07) is 0. The van der Waals surface area contributed by atoms with Gasteiger partial charge in [-0.2, -0.15) is 0 Å². The van der Waals surface area contributed by atoms with Gasteiger partial charge in [-0.25, -0.2) is 0 Å². The molecular formula is C10H12N2O2S2. The molecule has 0 atom stereocenters. The van der Waals surface area contributed by atoms with Crippen molar-refractivity contribution in [3.63, 3.8) is 0 Å². The highest BCUT2D eigenvalue weighted by Crippen LogP contribution is 2.21. The lowest BCUT2D eigenvalue weighted by molar-refractivity contribution is 0.273. The van der Waals surface area contributed by atoms with Crippen molar-refractivity contribution in [1.29, 1.82) is 0 Å². The molecule has 2 aromatic heterocycles. The predicted molar refractivity (Wildman–Crippen MR) is 67.7 cm³/mol. The standard InChI is InChI=1S/C10H12N2O2S2/c1-2-7-8-6(5-16-7)9(14)12(3-4-13)10(15)11-8/h5,13H,2-4H2,1H3,(H,11,15). The van der Waals surface area contributed by atoms with Gasteiger partial charge in [-0.05, 0) is 18.6 Å². The van der Waals surface area contributed by atoms with Crippen LogP contribution < -0.4 is 5.56 Å². The first-order chi connectivity index (χ1) is 7.69. The SMILES string of the molecule is CCc1scc2c(=O)n(CCO)c(=S)[nH]c12. The molecule has 86 valence electrons. The molecule has 0 spiro atoms. The minimum atomic E-state index is -0.122. The van der Waals surface area contributed by atoms with Gasteiger partial charge in [-0.15, -0.1) is 11.3 Å². The molecule has 2 rings (SSSR count). The van der Waals surface area contributed by atoms with E-state index in [0.29, 0.717) is 10.2 Å². The monoisotopic (exact) mass is 256 g/mol. The van der Waals surface area contributed by atoms with Crippen molar-refractivity contribution >= 4 is 34.5 Å². The van der Waals surface area contributed by atoms with Gasteiger partial charge in [0.25, 0.3) is 5.56 Å². The first kappa shape index (κ1) is 11.5. The molecule has 0 fully saturated rings. The third-order valence-corrected chi connectivity index (χ3v) is 3.92. The third-order valence-electron chi connectivity index (χ3n) is 2.46. The summed E-state index contributed by atoms with van der Waals surface area (Å²) in [5, 5.41) is 11.4. The molecule has 4 nitrogen and oxygen atoms in total. The largest absolute Gasteiger partial charge is 0.395 e. The molecule has 0 aliphatic rings. The number of nitrogens with one attached hydrogen (secondary N) is 1. The van der Waals surface area contributed by atoms with Gasteiger partial charge in [0.15, 0.2) is 4.77 Å². The molecule has 16 heavy (non-hydrogen) atoms.